The van der Waals surface area contributed by atoms with E-state index < -0.39 is 4.92 Å². The normalized spacial score (nSPS) is 28.6. The molecule has 8 nitrogen and oxygen atoms in total. The first-order valence-corrected chi connectivity index (χ1v) is 8.36. The highest BCUT2D eigenvalue weighted by atomic mass is 16.6. The molecule has 1 saturated heterocycles. The smallest absolute Gasteiger partial charge is 0.305 e. The molecule has 8 heteroatoms. The van der Waals surface area contributed by atoms with Gasteiger partial charge in [-0.1, -0.05) is 12.8 Å². The van der Waals surface area contributed by atoms with E-state index in [9.17, 15) is 10.1 Å². The second-order valence-electron chi connectivity index (χ2n) is 6.51. The van der Waals surface area contributed by atoms with Crippen LogP contribution in [0.2, 0.25) is 0 Å². The third-order valence-corrected chi connectivity index (χ3v) is 4.81. The van der Waals surface area contributed by atoms with E-state index in [4.69, 9.17) is 5.73 Å². The van der Waals surface area contributed by atoms with Crippen molar-refractivity contribution in [2.24, 2.45) is 5.73 Å². The van der Waals surface area contributed by atoms with Gasteiger partial charge in [-0.25, -0.2) is 9.97 Å². The molecule has 1 aliphatic heterocycles. The molecule has 1 aliphatic carbocycles. The van der Waals surface area contributed by atoms with E-state index in [0.717, 1.165) is 38.8 Å². The highest BCUT2D eigenvalue weighted by Gasteiger charge is 2.28. The van der Waals surface area contributed by atoms with Crippen molar-refractivity contribution < 1.29 is 4.92 Å². The minimum absolute atomic E-state index is 0.0754. The van der Waals surface area contributed by atoms with Crippen molar-refractivity contribution in [3.05, 3.63) is 22.5 Å². The van der Waals surface area contributed by atoms with Crippen molar-refractivity contribution in [1.82, 2.24) is 15.3 Å². The standard InChI is InChI=1S/C15H24N6O2/c16-13-5-1-2-6-14(13)19-11-4-3-7-20(10-11)15-17-8-12(9-18-15)21(22)23/h8-9,11,13-14,19H,1-7,10,16H2/t11?,13-,14-/m1/s1. The summed E-state index contributed by atoms with van der Waals surface area (Å²) in [7, 11) is 0. The Bertz CT molecular complexity index is 537. The van der Waals surface area contributed by atoms with Gasteiger partial charge in [0.1, 0.15) is 12.4 Å². The fourth-order valence-electron chi connectivity index (χ4n) is 3.54. The van der Waals surface area contributed by atoms with Crippen LogP contribution in [-0.2, 0) is 0 Å². The number of anilines is 1. The summed E-state index contributed by atoms with van der Waals surface area (Å²) in [5.41, 5.74) is 6.15. The van der Waals surface area contributed by atoms with E-state index in [1.165, 1.54) is 25.2 Å². The average Bonchev–Trinajstić information content (AvgIpc) is 2.57. The first kappa shape index (κ1) is 16.1. The molecule has 0 spiro atoms. The summed E-state index contributed by atoms with van der Waals surface area (Å²) in [6.45, 7) is 1.70. The Hall–Kier alpha value is -1.80. The van der Waals surface area contributed by atoms with Gasteiger partial charge in [0.15, 0.2) is 0 Å². The van der Waals surface area contributed by atoms with Gasteiger partial charge in [0.25, 0.3) is 0 Å². The van der Waals surface area contributed by atoms with E-state index in [1.807, 2.05) is 0 Å². The SMILES string of the molecule is N[C@@H]1CCCC[C@H]1NC1CCCN(c2ncc([N+](=O)[O-])cn2)C1. The number of nitro groups is 1. The second-order valence-corrected chi connectivity index (χ2v) is 6.51. The number of aromatic nitrogens is 2. The largest absolute Gasteiger partial charge is 0.339 e. The molecule has 3 N–H and O–H groups in total. The van der Waals surface area contributed by atoms with Crippen molar-refractivity contribution in [2.75, 3.05) is 18.0 Å². The zero-order valence-electron chi connectivity index (χ0n) is 13.2. The van der Waals surface area contributed by atoms with Gasteiger partial charge in [-0.2, -0.15) is 0 Å². The van der Waals surface area contributed by atoms with Crippen LogP contribution >= 0.6 is 0 Å². The lowest BCUT2D eigenvalue weighted by Gasteiger charge is -2.38. The van der Waals surface area contributed by atoms with Crippen molar-refractivity contribution >= 4 is 11.6 Å². The van der Waals surface area contributed by atoms with Crippen molar-refractivity contribution in [1.29, 1.82) is 0 Å². The summed E-state index contributed by atoms with van der Waals surface area (Å²) in [6.07, 6.45) is 9.44. The highest BCUT2D eigenvalue weighted by molar-refractivity contribution is 5.34. The van der Waals surface area contributed by atoms with Crippen LogP contribution in [0.5, 0.6) is 0 Å². The van der Waals surface area contributed by atoms with Gasteiger partial charge in [0.2, 0.25) is 5.95 Å². The molecule has 1 saturated carbocycles. The molecule has 2 aliphatic rings. The topological polar surface area (TPSA) is 110 Å². The molecule has 1 aromatic rings. The Labute approximate surface area is 135 Å². The second kappa shape index (κ2) is 7.18. The summed E-state index contributed by atoms with van der Waals surface area (Å²) >= 11 is 0. The van der Waals surface area contributed by atoms with Gasteiger partial charge in [0.05, 0.1) is 4.92 Å². The number of nitrogens with zero attached hydrogens (tertiary/aromatic N) is 4. The lowest BCUT2D eigenvalue weighted by atomic mass is 9.90. The third kappa shape index (κ3) is 3.94. The number of hydrogen-bond donors (Lipinski definition) is 2. The average molecular weight is 320 g/mol. The van der Waals surface area contributed by atoms with Gasteiger partial charge >= 0.3 is 5.69 Å². The summed E-state index contributed by atoms with van der Waals surface area (Å²) < 4.78 is 0. The molecule has 1 aromatic heterocycles. The van der Waals surface area contributed by atoms with Gasteiger partial charge < -0.3 is 16.0 Å². The maximum atomic E-state index is 10.7. The molecular weight excluding hydrogens is 296 g/mol. The van der Waals surface area contributed by atoms with Crippen LogP contribution in [0, 0.1) is 10.1 Å². The molecule has 126 valence electrons. The molecule has 3 rings (SSSR count). The number of hydrogen-bond acceptors (Lipinski definition) is 7. The maximum absolute atomic E-state index is 10.7. The summed E-state index contributed by atoms with van der Waals surface area (Å²) in [6, 6.07) is 1.01. The highest BCUT2D eigenvalue weighted by Crippen LogP contribution is 2.21. The Morgan fingerprint density at radius 3 is 2.65 bits per heavy atom. The van der Waals surface area contributed by atoms with E-state index in [-0.39, 0.29) is 11.7 Å². The zero-order valence-corrected chi connectivity index (χ0v) is 13.2. The van der Waals surface area contributed by atoms with Gasteiger partial charge in [-0.3, -0.25) is 10.1 Å². The third-order valence-electron chi connectivity index (χ3n) is 4.81. The van der Waals surface area contributed by atoms with Crippen LogP contribution in [0.15, 0.2) is 12.4 Å². The Morgan fingerprint density at radius 1 is 1.22 bits per heavy atom. The van der Waals surface area contributed by atoms with Gasteiger partial charge in [0, 0.05) is 31.2 Å². The number of rotatable bonds is 4. The van der Waals surface area contributed by atoms with E-state index >= 15 is 0 Å². The molecule has 0 amide bonds. The molecule has 0 aromatic carbocycles. The number of nitrogens with two attached hydrogens (primary N) is 1. The lowest BCUT2D eigenvalue weighted by molar-refractivity contribution is -0.385. The van der Waals surface area contributed by atoms with Crippen LogP contribution in [0.3, 0.4) is 0 Å². The lowest BCUT2D eigenvalue weighted by Crippen LogP contribution is -2.55. The summed E-state index contributed by atoms with van der Waals surface area (Å²) in [4.78, 5) is 20.6. The van der Waals surface area contributed by atoms with Crippen LogP contribution in [0.1, 0.15) is 38.5 Å². The molecule has 0 radical (unpaired) electrons. The van der Waals surface area contributed by atoms with E-state index in [0.29, 0.717) is 18.0 Å². The fourth-order valence-corrected chi connectivity index (χ4v) is 3.54. The quantitative estimate of drug-likeness (QED) is 0.633. The molecule has 0 bridgehead atoms. The minimum Gasteiger partial charge on any atom is -0.339 e. The molecule has 23 heavy (non-hydrogen) atoms. The molecule has 2 heterocycles. The number of piperidine rings is 1. The molecule has 3 atom stereocenters. The summed E-state index contributed by atoms with van der Waals surface area (Å²) in [5.74, 6) is 0.565. The van der Waals surface area contributed by atoms with Crippen LogP contribution < -0.4 is 16.0 Å². The van der Waals surface area contributed by atoms with Crippen molar-refractivity contribution in [3.8, 4) is 0 Å². The molecular formula is C15H24N6O2. The Kier molecular flexibility index (Phi) is 5.02. The molecule has 2 fully saturated rings. The van der Waals surface area contributed by atoms with Crippen LogP contribution in [0.25, 0.3) is 0 Å². The van der Waals surface area contributed by atoms with Crippen LogP contribution in [0.4, 0.5) is 11.6 Å². The van der Waals surface area contributed by atoms with Crippen molar-refractivity contribution in [2.45, 2.75) is 56.7 Å². The zero-order chi connectivity index (χ0) is 16.2. The predicted octanol–water partition coefficient (Wildman–Crippen LogP) is 1.21. The predicted molar refractivity (Wildman–Crippen MR) is 87.3 cm³/mol. The fraction of sp³-hybridized carbons (Fsp3) is 0.733. The Balaban J connectivity index is 1.60. The van der Waals surface area contributed by atoms with Gasteiger partial charge in [-0.15, -0.1) is 0 Å². The van der Waals surface area contributed by atoms with E-state index in [2.05, 4.69) is 20.2 Å². The minimum atomic E-state index is -0.477. The van der Waals surface area contributed by atoms with Crippen LogP contribution in [-0.4, -0.2) is 46.1 Å². The Morgan fingerprint density at radius 2 is 1.96 bits per heavy atom. The first-order valence-electron chi connectivity index (χ1n) is 8.36. The van der Waals surface area contributed by atoms with E-state index in [1.54, 1.807) is 0 Å². The first-order chi connectivity index (χ1) is 11.1. The van der Waals surface area contributed by atoms with Gasteiger partial charge in [-0.05, 0) is 25.7 Å². The summed E-state index contributed by atoms with van der Waals surface area (Å²) in [5, 5.41) is 14.4. The monoisotopic (exact) mass is 320 g/mol. The van der Waals surface area contributed by atoms with Crippen molar-refractivity contribution in [3.63, 3.8) is 0 Å². The number of nitrogens with one attached hydrogen (secondary N) is 1. The maximum Gasteiger partial charge on any atom is 0.305 e. The molecule has 1 unspecified atom stereocenters.